The molecule has 1 aliphatic rings. The van der Waals surface area contributed by atoms with Crippen LogP contribution in [0.4, 0.5) is 10.5 Å². The van der Waals surface area contributed by atoms with Gasteiger partial charge < -0.3 is 10.4 Å². The molecule has 25 heavy (non-hydrogen) atoms. The summed E-state index contributed by atoms with van der Waals surface area (Å²) in [6.45, 7) is 11.5. The zero-order chi connectivity index (χ0) is 18.7. The molecule has 3 N–H and O–H groups in total. The standard InChI is InChI=1S/C11H9NO2.C10H21N/c13-11(14)12-10-7-3-5-8-4-1-2-6-9(8)10;1-8-6-9(2,3)11-10(4,5)7-8/h1-7,12H,(H,13,14);8,11H,6-7H2,1-5H3. The van der Waals surface area contributed by atoms with Crippen molar-refractivity contribution < 1.29 is 9.90 Å². The molecule has 0 aromatic heterocycles. The van der Waals surface area contributed by atoms with Gasteiger partial charge in [-0.3, -0.25) is 5.32 Å². The van der Waals surface area contributed by atoms with Crippen LogP contribution in [0.1, 0.15) is 47.5 Å². The van der Waals surface area contributed by atoms with E-state index in [-0.39, 0.29) is 0 Å². The number of carbonyl (C=O) groups is 1. The van der Waals surface area contributed by atoms with Crippen LogP contribution in [-0.2, 0) is 0 Å². The highest BCUT2D eigenvalue weighted by Crippen LogP contribution is 2.32. The summed E-state index contributed by atoms with van der Waals surface area (Å²) in [5, 5.41) is 16.6. The van der Waals surface area contributed by atoms with Crippen LogP contribution in [0, 0.1) is 5.92 Å². The third-order valence-corrected chi connectivity index (χ3v) is 4.43. The molecule has 0 aliphatic carbocycles. The molecule has 0 unspecified atom stereocenters. The van der Waals surface area contributed by atoms with Gasteiger partial charge in [0.05, 0.1) is 5.69 Å². The molecule has 0 spiro atoms. The molecule has 1 saturated heterocycles. The molecule has 2 aromatic carbocycles. The van der Waals surface area contributed by atoms with Gasteiger partial charge in [0.15, 0.2) is 0 Å². The Labute approximate surface area is 150 Å². The van der Waals surface area contributed by atoms with Crippen LogP contribution in [0.3, 0.4) is 0 Å². The molecular weight excluding hydrogens is 312 g/mol. The van der Waals surface area contributed by atoms with Gasteiger partial charge in [-0.15, -0.1) is 0 Å². The molecule has 3 rings (SSSR count). The fourth-order valence-corrected chi connectivity index (χ4v) is 4.28. The van der Waals surface area contributed by atoms with E-state index in [1.807, 2.05) is 36.4 Å². The second kappa shape index (κ2) is 7.44. The van der Waals surface area contributed by atoms with Gasteiger partial charge in [-0.2, -0.15) is 0 Å². The Balaban J connectivity index is 0.000000186. The van der Waals surface area contributed by atoms with Crippen molar-refractivity contribution in [3.8, 4) is 0 Å². The number of amides is 1. The average molecular weight is 342 g/mol. The number of nitrogens with one attached hydrogen (secondary N) is 2. The predicted molar refractivity (Wildman–Crippen MR) is 105 cm³/mol. The maximum Gasteiger partial charge on any atom is 0.409 e. The van der Waals surface area contributed by atoms with E-state index in [2.05, 4.69) is 45.3 Å². The highest BCUT2D eigenvalue weighted by molar-refractivity contribution is 5.99. The molecule has 1 fully saturated rings. The van der Waals surface area contributed by atoms with Crippen molar-refractivity contribution in [1.82, 2.24) is 5.32 Å². The molecule has 1 aliphatic heterocycles. The number of hydrogen-bond donors (Lipinski definition) is 3. The molecule has 0 radical (unpaired) electrons. The maximum atomic E-state index is 10.5. The zero-order valence-corrected chi connectivity index (χ0v) is 15.9. The second-order valence-electron chi connectivity index (χ2n) is 8.36. The Morgan fingerprint density at radius 2 is 1.60 bits per heavy atom. The Morgan fingerprint density at radius 3 is 2.16 bits per heavy atom. The fourth-order valence-electron chi connectivity index (χ4n) is 4.28. The summed E-state index contributed by atoms with van der Waals surface area (Å²) < 4.78 is 0. The van der Waals surface area contributed by atoms with Gasteiger partial charge in [0, 0.05) is 16.5 Å². The Morgan fingerprint density at radius 1 is 1.04 bits per heavy atom. The lowest BCUT2D eigenvalue weighted by Crippen LogP contribution is -2.57. The first-order valence-electron chi connectivity index (χ1n) is 8.85. The number of benzene rings is 2. The van der Waals surface area contributed by atoms with E-state index < -0.39 is 6.09 Å². The van der Waals surface area contributed by atoms with Gasteiger partial charge in [0.2, 0.25) is 0 Å². The Hall–Kier alpha value is -2.07. The average Bonchev–Trinajstić information content (AvgIpc) is 2.44. The summed E-state index contributed by atoms with van der Waals surface area (Å²) in [6, 6.07) is 13.2. The van der Waals surface area contributed by atoms with Crippen molar-refractivity contribution in [2.45, 2.75) is 58.5 Å². The van der Waals surface area contributed by atoms with Gasteiger partial charge in [-0.05, 0) is 57.9 Å². The van der Waals surface area contributed by atoms with Crippen molar-refractivity contribution in [3.05, 3.63) is 42.5 Å². The topological polar surface area (TPSA) is 61.4 Å². The summed E-state index contributed by atoms with van der Waals surface area (Å²) in [5.74, 6) is 0.862. The van der Waals surface area contributed by atoms with Crippen LogP contribution in [-0.4, -0.2) is 22.3 Å². The summed E-state index contributed by atoms with van der Waals surface area (Å²) >= 11 is 0. The molecule has 136 valence electrons. The normalized spacial score (nSPS) is 18.9. The molecule has 1 heterocycles. The van der Waals surface area contributed by atoms with Crippen molar-refractivity contribution in [2.24, 2.45) is 5.92 Å². The van der Waals surface area contributed by atoms with Crippen LogP contribution < -0.4 is 10.6 Å². The quantitative estimate of drug-likeness (QED) is 0.642. The highest BCUT2D eigenvalue weighted by Gasteiger charge is 2.35. The van der Waals surface area contributed by atoms with Gasteiger partial charge in [-0.1, -0.05) is 43.3 Å². The van der Waals surface area contributed by atoms with Crippen molar-refractivity contribution in [2.75, 3.05) is 5.32 Å². The second-order valence-corrected chi connectivity index (χ2v) is 8.36. The number of fused-ring (bicyclic) bond motifs is 1. The van der Waals surface area contributed by atoms with Gasteiger partial charge in [0.25, 0.3) is 0 Å². The molecule has 2 aromatic rings. The number of carboxylic acid groups (broad SMARTS) is 1. The molecule has 0 bridgehead atoms. The van der Waals surface area contributed by atoms with E-state index in [4.69, 9.17) is 5.11 Å². The van der Waals surface area contributed by atoms with Crippen LogP contribution in [0.2, 0.25) is 0 Å². The van der Waals surface area contributed by atoms with E-state index >= 15 is 0 Å². The van der Waals surface area contributed by atoms with Gasteiger partial charge >= 0.3 is 6.09 Å². The van der Waals surface area contributed by atoms with Crippen LogP contribution in [0.25, 0.3) is 10.8 Å². The molecule has 1 amide bonds. The largest absolute Gasteiger partial charge is 0.465 e. The smallest absolute Gasteiger partial charge is 0.409 e. The maximum absolute atomic E-state index is 10.5. The lowest BCUT2D eigenvalue weighted by molar-refractivity contribution is 0.138. The minimum Gasteiger partial charge on any atom is -0.465 e. The lowest BCUT2D eigenvalue weighted by atomic mass is 9.77. The van der Waals surface area contributed by atoms with Gasteiger partial charge in [-0.25, -0.2) is 4.79 Å². The van der Waals surface area contributed by atoms with E-state index in [9.17, 15) is 4.79 Å². The van der Waals surface area contributed by atoms with Crippen LogP contribution in [0.15, 0.2) is 42.5 Å². The number of hydrogen-bond acceptors (Lipinski definition) is 2. The van der Waals surface area contributed by atoms with Crippen molar-refractivity contribution in [1.29, 1.82) is 0 Å². The van der Waals surface area contributed by atoms with Crippen LogP contribution in [0.5, 0.6) is 0 Å². The molecule has 0 atom stereocenters. The van der Waals surface area contributed by atoms with E-state index in [0.29, 0.717) is 16.8 Å². The summed E-state index contributed by atoms with van der Waals surface area (Å²) in [7, 11) is 0. The van der Waals surface area contributed by atoms with E-state index in [1.165, 1.54) is 12.8 Å². The minimum atomic E-state index is -1.04. The van der Waals surface area contributed by atoms with Crippen molar-refractivity contribution in [3.63, 3.8) is 0 Å². The monoisotopic (exact) mass is 342 g/mol. The molecule has 4 nitrogen and oxygen atoms in total. The predicted octanol–water partition coefficient (Wildman–Crippen LogP) is 5.49. The first kappa shape index (κ1) is 19.3. The van der Waals surface area contributed by atoms with E-state index in [1.54, 1.807) is 6.07 Å². The third-order valence-electron chi connectivity index (χ3n) is 4.43. The Kier molecular flexibility index (Phi) is 5.73. The minimum absolute atomic E-state index is 0.334. The summed E-state index contributed by atoms with van der Waals surface area (Å²) in [6.07, 6.45) is 1.56. The number of rotatable bonds is 1. The first-order chi connectivity index (χ1) is 11.6. The highest BCUT2D eigenvalue weighted by atomic mass is 16.4. The van der Waals surface area contributed by atoms with Crippen molar-refractivity contribution >= 4 is 22.6 Å². The van der Waals surface area contributed by atoms with Crippen LogP contribution >= 0.6 is 0 Å². The summed E-state index contributed by atoms with van der Waals surface area (Å²) in [5.41, 5.74) is 1.29. The van der Waals surface area contributed by atoms with Gasteiger partial charge in [0.1, 0.15) is 0 Å². The number of anilines is 1. The first-order valence-corrected chi connectivity index (χ1v) is 8.85. The third kappa shape index (κ3) is 5.75. The zero-order valence-electron chi connectivity index (χ0n) is 15.9. The number of piperidine rings is 1. The molecule has 4 heteroatoms. The molecule has 0 saturated carbocycles. The Bertz CT molecular complexity index is 716. The van der Waals surface area contributed by atoms with E-state index in [0.717, 1.165) is 16.7 Å². The SMILES string of the molecule is CC1CC(C)(C)NC(C)(C)C1.O=C(O)Nc1cccc2ccccc12. The molecular formula is C21H30N2O2. The fraction of sp³-hybridized carbons (Fsp3) is 0.476. The lowest BCUT2D eigenvalue weighted by Gasteiger charge is -2.45. The summed E-state index contributed by atoms with van der Waals surface area (Å²) in [4.78, 5) is 10.5.